The van der Waals surface area contributed by atoms with E-state index >= 15 is 0 Å². The van der Waals surface area contributed by atoms with Gasteiger partial charge in [-0.05, 0) is 49.2 Å². The minimum atomic E-state index is -0.288. The number of rotatable bonds is 6. The van der Waals surface area contributed by atoms with E-state index in [1.165, 1.54) is 18.6 Å². The molecule has 7 heteroatoms. The zero-order chi connectivity index (χ0) is 15.9. The van der Waals surface area contributed by atoms with E-state index in [0.717, 1.165) is 5.57 Å². The van der Waals surface area contributed by atoms with E-state index in [1.807, 2.05) is 0 Å². The Morgan fingerprint density at radius 3 is 2.82 bits per heavy atom. The van der Waals surface area contributed by atoms with Gasteiger partial charge >= 0.3 is 0 Å². The monoisotopic (exact) mass is 342 g/mol. The van der Waals surface area contributed by atoms with E-state index in [-0.39, 0.29) is 11.9 Å². The number of amides is 1. The van der Waals surface area contributed by atoms with Crippen LogP contribution in [0.25, 0.3) is 0 Å². The fourth-order valence-electron chi connectivity index (χ4n) is 2.04. The van der Waals surface area contributed by atoms with Crippen LogP contribution in [0.3, 0.4) is 0 Å². The average molecular weight is 343 g/mol. The number of nitrogens with one attached hydrogen (secondary N) is 1. The van der Waals surface area contributed by atoms with Crippen molar-refractivity contribution in [2.45, 2.75) is 18.9 Å². The van der Waals surface area contributed by atoms with E-state index in [2.05, 4.69) is 10.2 Å². The van der Waals surface area contributed by atoms with Gasteiger partial charge in [0, 0.05) is 11.1 Å². The molecule has 1 aromatic carbocycles. The molecule has 22 heavy (non-hydrogen) atoms. The Kier molecular flexibility index (Phi) is 6.12. The summed E-state index contributed by atoms with van der Waals surface area (Å²) in [6.45, 7) is 0.447. The third kappa shape index (κ3) is 4.66. The second-order valence-electron chi connectivity index (χ2n) is 4.76. The molecule has 1 atom stereocenters. The topological polar surface area (TPSA) is 73.6 Å². The molecular weight excluding hydrogens is 327 g/mol. The van der Waals surface area contributed by atoms with Gasteiger partial charge in [0.1, 0.15) is 12.5 Å². The third-order valence-corrected chi connectivity index (χ3v) is 3.66. The van der Waals surface area contributed by atoms with Crippen molar-refractivity contribution in [3.05, 3.63) is 58.0 Å². The van der Waals surface area contributed by atoms with Gasteiger partial charge in [-0.2, -0.15) is 0 Å². The van der Waals surface area contributed by atoms with Crippen LogP contribution in [0.4, 0.5) is 0 Å². The Bertz CT molecular complexity index is 602. The van der Waals surface area contributed by atoms with Crippen LogP contribution >= 0.6 is 23.2 Å². The van der Waals surface area contributed by atoms with Crippen LogP contribution < -0.4 is 11.1 Å². The van der Waals surface area contributed by atoms with Gasteiger partial charge in [0.25, 0.3) is 5.91 Å². The molecule has 0 aromatic heterocycles. The summed E-state index contributed by atoms with van der Waals surface area (Å²) < 4.78 is 0. The Morgan fingerprint density at radius 2 is 2.14 bits per heavy atom. The van der Waals surface area contributed by atoms with Gasteiger partial charge in [0.15, 0.2) is 0 Å². The van der Waals surface area contributed by atoms with E-state index in [9.17, 15) is 4.79 Å². The third-order valence-electron chi connectivity index (χ3n) is 3.10. The van der Waals surface area contributed by atoms with E-state index in [0.29, 0.717) is 35.0 Å². The van der Waals surface area contributed by atoms with Crippen LogP contribution in [0.5, 0.6) is 0 Å². The number of benzene rings is 1. The average Bonchev–Trinajstić information content (AvgIpc) is 2.51. The Balaban J connectivity index is 2.06. The molecule has 0 fully saturated rings. The zero-order valence-corrected chi connectivity index (χ0v) is 13.2. The van der Waals surface area contributed by atoms with Gasteiger partial charge in [-0.3, -0.25) is 14.6 Å². The molecule has 1 aromatic rings. The summed E-state index contributed by atoms with van der Waals surface area (Å²) >= 11 is 11.9. The number of hydrogen-bond acceptors (Lipinski definition) is 4. The smallest absolute Gasteiger partial charge is 0.253 e. The maximum Gasteiger partial charge on any atom is 0.253 e. The molecule has 118 valence electrons. The minimum absolute atomic E-state index is 0.148. The van der Waals surface area contributed by atoms with Crippen molar-refractivity contribution in [3.63, 3.8) is 0 Å². The summed E-state index contributed by atoms with van der Waals surface area (Å²) in [6, 6.07) is 4.61. The number of hydrogen-bond donors (Lipinski definition) is 2. The molecule has 0 bridgehead atoms. The molecule has 2 rings (SSSR count). The van der Waals surface area contributed by atoms with Crippen molar-refractivity contribution >= 4 is 29.1 Å². The summed E-state index contributed by atoms with van der Waals surface area (Å²) in [7, 11) is 0. The Morgan fingerprint density at radius 1 is 1.32 bits per heavy atom. The lowest BCUT2D eigenvalue weighted by molar-refractivity contribution is -0.199. The molecule has 1 aliphatic heterocycles. The molecule has 0 spiro atoms. The molecule has 5 nitrogen and oxygen atoms in total. The lowest BCUT2D eigenvalue weighted by atomic mass is 10.0. The fourth-order valence-corrected chi connectivity index (χ4v) is 2.41. The largest absolute Gasteiger partial charge is 0.349 e. The summed E-state index contributed by atoms with van der Waals surface area (Å²) in [5, 5.41) is 3.72. The molecule has 1 unspecified atom stereocenters. The van der Waals surface area contributed by atoms with Crippen LogP contribution in [0.2, 0.25) is 10.0 Å². The number of nitrogens with two attached hydrogens (primary N) is 1. The normalized spacial score (nSPS) is 14.6. The zero-order valence-electron chi connectivity index (χ0n) is 11.7. The summed E-state index contributed by atoms with van der Waals surface area (Å²) in [5.74, 6) is -0.288. The molecule has 1 amide bonds. The van der Waals surface area contributed by atoms with Crippen molar-refractivity contribution in [3.8, 4) is 0 Å². The summed E-state index contributed by atoms with van der Waals surface area (Å²) in [4.78, 5) is 21.7. The highest BCUT2D eigenvalue weighted by molar-refractivity contribution is 6.35. The number of halogens is 2. The standard InChI is InChI=1S/C15H16Cl2N2O3/c16-11-1-2-14(17)13(8-11)15(20)19-12(3-5-18)7-10-4-6-21-22-9-10/h1-2,4,6,8-9,12H,3,5,7,18H2,(H,19,20). The van der Waals surface area contributed by atoms with E-state index in [4.69, 9.17) is 33.8 Å². The van der Waals surface area contributed by atoms with Crippen LogP contribution in [-0.2, 0) is 9.78 Å². The first kappa shape index (κ1) is 16.7. The molecule has 0 aliphatic carbocycles. The van der Waals surface area contributed by atoms with Crippen LogP contribution in [0.15, 0.2) is 42.4 Å². The van der Waals surface area contributed by atoms with Crippen molar-refractivity contribution < 1.29 is 14.6 Å². The van der Waals surface area contributed by atoms with Gasteiger partial charge in [0.05, 0.1) is 10.6 Å². The van der Waals surface area contributed by atoms with E-state index < -0.39 is 0 Å². The molecule has 1 aliphatic rings. The fraction of sp³-hybridized carbons (Fsp3) is 0.267. The van der Waals surface area contributed by atoms with E-state index in [1.54, 1.807) is 18.2 Å². The highest BCUT2D eigenvalue weighted by Crippen LogP contribution is 2.21. The Labute approximate surface area is 138 Å². The molecule has 0 saturated heterocycles. The van der Waals surface area contributed by atoms with Crippen LogP contribution in [0, 0.1) is 0 Å². The second kappa shape index (κ2) is 8.08. The van der Waals surface area contributed by atoms with Gasteiger partial charge in [0.2, 0.25) is 0 Å². The number of carbonyl (C=O) groups is 1. The second-order valence-corrected chi connectivity index (χ2v) is 5.61. The summed E-state index contributed by atoms with van der Waals surface area (Å²) in [6.07, 6.45) is 5.88. The van der Waals surface area contributed by atoms with Crippen molar-refractivity contribution in [2.24, 2.45) is 5.73 Å². The van der Waals surface area contributed by atoms with Crippen LogP contribution in [-0.4, -0.2) is 18.5 Å². The Hall–Kier alpha value is -1.69. The number of carbonyl (C=O) groups excluding carboxylic acids is 1. The highest BCUT2D eigenvalue weighted by atomic mass is 35.5. The first-order chi connectivity index (χ1) is 10.6. The molecule has 1 heterocycles. The predicted octanol–water partition coefficient (Wildman–Crippen LogP) is 3.19. The SMILES string of the molecule is NCCC(CC1=COOC=C1)NC(=O)c1cc(Cl)ccc1Cl. The molecule has 3 N–H and O–H groups in total. The highest BCUT2D eigenvalue weighted by Gasteiger charge is 2.17. The molecule has 0 saturated carbocycles. The van der Waals surface area contributed by atoms with Gasteiger partial charge < -0.3 is 11.1 Å². The van der Waals surface area contributed by atoms with Crippen molar-refractivity contribution in [1.29, 1.82) is 0 Å². The maximum absolute atomic E-state index is 12.4. The molecular formula is C15H16Cl2N2O3. The van der Waals surface area contributed by atoms with Gasteiger partial charge in [-0.15, -0.1) is 0 Å². The first-order valence-electron chi connectivity index (χ1n) is 6.74. The maximum atomic E-state index is 12.4. The van der Waals surface area contributed by atoms with Gasteiger partial charge in [-0.1, -0.05) is 23.2 Å². The van der Waals surface area contributed by atoms with Crippen molar-refractivity contribution in [2.75, 3.05) is 6.54 Å². The predicted molar refractivity (Wildman–Crippen MR) is 85.4 cm³/mol. The summed E-state index contributed by atoms with van der Waals surface area (Å²) in [5.41, 5.74) is 6.84. The first-order valence-corrected chi connectivity index (χ1v) is 7.49. The number of allylic oxidation sites excluding steroid dienone is 1. The minimum Gasteiger partial charge on any atom is -0.349 e. The van der Waals surface area contributed by atoms with Crippen molar-refractivity contribution in [1.82, 2.24) is 5.32 Å². The van der Waals surface area contributed by atoms with Crippen LogP contribution in [0.1, 0.15) is 23.2 Å². The van der Waals surface area contributed by atoms with Gasteiger partial charge in [-0.25, -0.2) is 0 Å². The molecule has 0 radical (unpaired) electrons. The lowest BCUT2D eigenvalue weighted by Crippen LogP contribution is -2.36. The lowest BCUT2D eigenvalue weighted by Gasteiger charge is -2.19. The quantitative estimate of drug-likeness (QED) is 0.778.